The minimum Gasteiger partial charge on any atom is -0.356 e. The van der Waals surface area contributed by atoms with Crippen molar-refractivity contribution in [1.29, 1.82) is 0 Å². The van der Waals surface area contributed by atoms with Crippen LogP contribution in [0.1, 0.15) is 37.8 Å². The van der Waals surface area contributed by atoms with Crippen molar-refractivity contribution in [2.24, 2.45) is 5.73 Å². The monoisotopic (exact) mass is 378 g/mol. The molecule has 3 heterocycles. The molecule has 1 aromatic carbocycles. The molecule has 0 spiro atoms. The summed E-state index contributed by atoms with van der Waals surface area (Å²) in [6, 6.07) is 11.9. The second-order valence-corrected chi connectivity index (χ2v) is 7.66. The number of fused-ring (bicyclic) bond motifs is 1. The SMILES string of the molecule is CC(NC(=O)CC1(N)CCN(c2ncnc3[nH]ccc23)CC1)c1ccccc1. The van der Waals surface area contributed by atoms with Gasteiger partial charge in [-0.3, -0.25) is 4.79 Å². The third kappa shape index (κ3) is 3.84. The van der Waals surface area contributed by atoms with E-state index in [9.17, 15) is 4.79 Å². The third-order valence-corrected chi connectivity index (χ3v) is 5.58. The molecule has 1 amide bonds. The van der Waals surface area contributed by atoms with Crippen molar-refractivity contribution in [1.82, 2.24) is 20.3 Å². The van der Waals surface area contributed by atoms with E-state index in [-0.39, 0.29) is 11.9 Å². The highest BCUT2D eigenvalue weighted by Crippen LogP contribution is 2.29. The van der Waals surface area contributed by atoms with Crippen LogP contribution in [0.4, 0.5) is 5.82 Å². The average molecular weight is 378 g/mol. The van der Waals surface area contributed by atoms with Gasteiger partial charge in [0.05, 0.1) is 11.4 Å². The number of carbonyl (C=O) groups excluding carboxylic acids is 1. The molecule has 7 heteroatoms. The number of rotatable bonds is 5. The Bertz CT molecular complexity index is 946. The number of benzene rings is 1. The molecule has 0 radical (unpaired) electrons. The predicted molar refractivity (Wildman–Crippen MR) is 110 cm³/mol. The Balaban J connectivity index is 1.36. The first-order valence-corrected chi connectivity index (χ1v) is 9.70. The fraction of sp³-hybridized carbons (Fsp3) is 0.381. The molecule has 1 atom stereocenters. The van der Waals surface area contributed by atoms with Crippen LogP contribution >= 0.6 is 0 Å². The Kier molecular flexibility index (Phi) is 5.00. The van der Waals surface area contributed by atoms with Gasteiger partial charge in [0.1, 0.15) is 17.8 Å². The number of carbonyl (C=O) groups is 1. The van der Waals surface area contributed by atoms with Gasteiger partial charge in [0.2, 0.25) is 5.91 Å². The van der Waals surface area contributed by atoms with E-state index >= 15 is 0 Å². The number of amides is 1. The first kappa shape index (κ1) is 18.4. The molecule has 4 N–H and O–H groups in total. The highest BCUT2D eigenvalue weighted by Gasteiger charge is 2.34. The standard InChI is InChI=1S/C21H26N6O/c1-15(16-5-3-2-4-6-16)26-18(28)13-21(22)8-11-27(12-9-21)20-17-7-10-23-19(17)24-14-25-20/h2-7,10,14-15H,8-9,11-13,22H2,1H3,(H,26,28)(H,23,24,25). The summed E-state index contributed by atoms with van der Waals surface area (Å²) >= 11 is 0. The van der Waals surface area contributed by atoms with Crippen molar-refractivity contribution in [3.05, 3.63) is 54.5 Å². The topological polar surface area (TPSA) is 99.9 Å². The van der Waals surface area contributed by atoms with Crippen LogP contribution in [0, 0.1) is 0 Å². The maximum Gasteiger partial charge on any atom is 0.222 e. The summed E-state index contributed by atoms with van der Waals surface area (Å²) in [5.74, 6) is 0.929. The maximum absolute atomic E-state index is 12.6. The fourth-order valence-electron chi connectivity index (χ4n) is 3.89. The Labute approximate surface area is 164 Å². The lowest BCUT2D eigenvalue weighted by atomic mass is 9.85. The van der Waals surface area contributed by atoms with E-state index in [1.807, 2.05) is 49.5 Å². The number of nitrogens with zero attached hydrogens (tertiary/aromatic N) is 3. The molecule has 1 saturated heterocycles. The van der Waals surface area contributed by atoms with Crippen LogP contribution in [0.5, 0.6) is 0 Å². The van der Waals surface area contributed by atoms with Gasteiger partial charge in [-0.05, 0) is 31.4 Å². The third-order valence-electron chi connectivity index (χ3n) is 5.58. The number of H-pyrrole nitrogens is 1. The van der Waals surface area contributed by atoms with Gasteiger partial charge in [0.25, 0.3) is 0 Å². The van der Waals surface area contributed by atoms with E-state index in [0.717, 1.165) is 48.3 Å². The molecule has 0 bridgehead atoms. The van der Waals surface area contributed by atoms with Gasteiger partial charge >= 0.3 is 0 Å². The lowest BCUT2D eigenvalue weighted by Crippen LogP contribution is -2.53. The molecule has 28 heavy (non-hydrogen) atoms. The summed E-state index contributed by atoms with van der Waals surface area (Å²) in [7, 11) is 0. The van der Waals surface area contributed by atoms with Gasteiger partial charge in [0, 0.05) is 31.2 Å². The molecule has 4 rings (SSSR count). The summed E-state index contributed by atoms with van der Waals surface area (Å²) < 4.78 is 0. The van der Waals surface area contributed by atoms with Crippen molar-refractivity contribution in [2.75, 3.05) is 18.0 Å². The van der Waals surface area contributed by atoms with Gasteiger partial charge in [-0.2, -0.15) is 0 Å². The fourth-order valence-corrected chi connectivity index (χ4v) is 3.89. The normalized spacial score (nSPS) is 17.4. The van der Waals surface area contributed by atoms with E-state index in [1.165, 1.54) is 0 Å². The molecule has 1 aliphatic rings. The maximum atomic E-state index is 12.6. The zero-order valence-electron chi connectivity index (χ0n) is 16.1. The molecule has 2 aromatic heterocycles. The second kappa shape index (κ2) is 7.59. The molecule has 7 nitrogen and oxygen atoms in total. The van der Waals surface area contributed by atoms with E-state index in [0.29, 0.717) is 6.42 Å². The molecule has 3 aromatic rings. The van der Waals surface area contributed by atoms with E-state index in [4.69, 9.17) is 5.73 Å². The molecular weight excluding hydrogens is 352 g/mol. The van der Waals surface area contributed by atoms with Gasteiger partial charge in [-0.25, -0.2) is 9.97 Å². The zero-order chi connectivity index (χ0) is 19.6. The van der Waals surface area contributed by atoms with Gasteiger partial charge in [-0.1, -0.05) is 30.3 Å². The Morgan fingerprint density at radius 3 is 2.75 bits per heavy atom. The first-order valence-electron chi connectivity index (χ1n) is 9.70. The lowest BCUT2D eigenvalue weighted by molar-refractivity contribution is -0.123. The Morgan fingerprint density at radius 1 is 1.25 bits per heavy atom. The van der Waals surface area contributed by atoms with E-state index < -0.39 is 5.54 Å². The number of nitrogens with two attached hydrogens (primary N) is 1. The molecule has 1 fully saturated rings. The molecule has 146 valence electrons. The number of piperidine rings is 1. The smallest absolute Gasteiger partial charge is 0.222 e. The minimum atomic E-state index is -0.485. The second-order valence-electron chi connectivity index (χ2n) is 7.66. The van der Waals surface area contributed by atoms with Crippen molar-refractivity contribution >= 4 is 22.8 Å². The summed E-state index contributed by atoms with van der Waals surface area (Å²) in [5, 5.41) is 4.09. The van der Waals surface area contributed by atoms with Gasteiger partial charge in [-0.15, -0.1) is 0 Å². The van der Waals surface area contributed by atoms with Crippen molar-refractivity contribution in [3.63, 3.8) is 0 Å². The zero-order valence-corrected chi connectivity index (χ0v) is 16.1. The highest BCUT2D eigenvalue weighted by molar-refractivity contribution is 5.87. The van der Waals surface area contributed by atoms with Crippen LogP contribution in [0.15, 0.2) is 48.9 Å². The summed E-state index contributed by atoms with van der Waals surface area (Å²) in [6.07, 6.45) is 5.28. The van der Waals surface area contributed by atoms with Crippen LogP contribution in [-0.2, 0) is 4.79 Å². The quantitative estimate of drug-likeness (QED) is 0.633. The largest absolute Gasteiger partial charge is 0.356 e. The van der Waals surface area contributed by atoms with E-state index in [1.54, 1.807) is 6.33 Å². The minimum absolute atomic E-state index is 0.00219. The molecule has 0 aliphatic carbocycles. The molecule has 1 aliphatic heterocycles. The molecule has 1 unspecified atom stereocenters. The average Bonchev–Trinajstić information content (AvgIpc) is 3.18. The number of anilines is 1. The number of nitrogens with one attached hydrogen (secondary N) is 2. The number of aromatic amines is 1. The van der Waals surface area contributed by atoms with Gasteiger partial charge in [0.15, 0.2) is 0 Å². The lowest BCUT2D eigenvalue weighted by Gasteiger charge is -2.39. The molecule has 0 saturated carbocycles. The van der Waals surface area contributed by atoms with Crippen molar-refractivity contribution < 1.29 is 4.79 Å². The number of aromatic nitrogens is 3. The van der Waals surface area contributed by atoms with Gasteiger partial charge < -0.3 is 20.9 Å². The predicted octanol–water partition coefficient (Wildman–Crippen LogP) is 2.52. The van der Waals surface area contributed by atoms with Crippen LogP contribution < -0.4 is 16.0 Å². The number of hydrogen-bond donors (Lipinski definition) is 3. The van der Waals surface area contributed by atoms with Crippen LogP contribution in [0.3, 0.4) is 0 Å². The molecular formula is C21H26N6O. The van der Waals surface area contributed by atoms with Crippen LogP contribution in [0.2, 0.25) is 0 Å². The summed E-state index contributed by atoms with van der Waals surface area (Å²) in [4.78, 5) is 26.6. The summed E-state index contributed by atoms with van der Waals surface area (Å²) in [6.45, 7) is 3.54. The van der Waals surface area contributed by atoms with Crippen LogP contribution in [-0.4, -0.2) is 39.5 Å². The van der Waals surface area contributed by atoms with Crippen LogP contribution in [0.25, 0.3) is 11.0 Å². The van der Waals surface area contributed by atoms with Crippen molar-refractivity contribution in [3.8, 4) is 0 Å². The Morgan fingerprint density at radius 2 is 2.00 bits per heavy atom. The first-order chi connectivity index (χ1) is 13.5. The van der Waals surface area contributed by atoms with Crippen molar-refractivity contribution in [2.45, 2.75) is 37.8 Å². The van der Waals surface area contributed by atoms with E-state index in [2.05, 4.69) is 25.2 Å². The summed E-state index contributed by atoms with van der Waals surface area (Å²) in [5.41, 5.74) is 8.03. The Hall–Kier alpha value is -2.93. The number of hydrogen-bond acceptors (Lipinski definition) is 5. The highest BCUT2D eigenvalue weighted by atomic mass is 16.1.